The maximum Gasteiger partial charge on any atom is 0.251 e. The predicted octanol–water partition coefficient (Wildman–Crippen LogP) is 2.14. The third kappa shape index (κ3) is 3.67. The van der Waals surface area contributed by atoms with Gasteiger partial charge in [-0.15, -0.1) is 0 Å². The fourth-order valence-corrected chi connectivity index (χ4v) is 2.53. The Labute approximate surface area is 114 Å². The number of sulfone groups is 1. The number of carbonyl (C=O) groups excluding carboxylic acids is 1. The number of amides is 1. The van der Waals surface area contributed by atoms with Gasteiger partial charge in [-0.1, -0.05) is 24.8 Å². The van der Waals surface area contributed by atoms with Gasteiger partial charge in [0.15, 0.2) is 9.84 Å². The number of carbonyl (C=O) groups is 1. The van der Waals surface area contributed by atoms with Gasteiger partial charge in [-0.2, -0.15) is 0 Å². The fraction of sp³-hybridized carbons (Fsp3) is 0.357. The van der Waals surface area contributed by atoms with Crippen LogP contribution in [-0.2, 0) is 9.84 Å². The molecule has 1 aromatic carbocycles. The zero-order chi connectivity index (χ0) is 14.7. The highest BCUT2D eigenvalue weighted by atomic mass is 32.2. The van der Waals surface area contributed by atoms with Crippen LogP contribution in [0.15, 0.2) is 41.8 Å². The summed E-state index contributed by atoms with van der Waals surface area (Å²) in [7, 11) is -3.46. The zero-order valence-electron chi connectivity index (χ0n) is 11.4. The average Bonchev–Trinajstić information content (AvgIpc) is 2.35. The summed E-state index contributed by atoms with van der Waals surface area (Å²) in [5.74, 6) is -0.314. The number of nitrogens with one attached hydrogen (secondary N) is 1. The Bertz CT molecular complexity index is 568. The van der Waals surface area contributed by atoms with Gasteiger partial charge in [0.25, 0.3) is 5.91 Å². The van der Waals surface area contributed by atoms with E-state index in [4.69, 9.17) is 0 Å². The average molecular weight is 281 g/mol. The van der Waals surface area contributed by atoms with E-state index < -0.39 is 14.6 Å². The number of hydrogen-bond donors (Lipinski definition) is 1. The second-order valence-electron chi connectivity index (χ2n) is 5.20. The summed E-state index contributed by atoms with van der Waals surface area (Å²) in [6.07, 6.45) is 0. The molecule has 0 saturated heterocycles. The Morgan fingerprint density at radius 2 is 1.74 bits per heavy atom. The molecule has 0 heterocycles. The quantitative estimate of drug-likeness (QED) is 0.919. The molecule has 1 rings (SSSR count). The molecule has 1 N–H and O–H groups in total. The monoisotopic (exact) mass is 281 g/mol. The first-order valence-electron chi connectivity index (χ1n) is 5.92. The van der Waals surface area contributed by atoms with Crippen LogP contribution in [0.1, 0.15) is 31.1 Å². The number of benzene rings is 1. The Morgan fingerprint density at radius 3 is 2.21 bits per heavy atom. The van der Waals surface area contributed by atoms with Crippen molar-refractivity contribution < 1.29 is 13.2 Å². The number of hydrogen-bond acceptors (Lipinski definition) is 3. The highest BCUT2D eigenvalue weighted by Crippen LogP contribution is 2.21. The molecular weight excluding hydrogens is 262 g/mol. The smallest absolute Gasteiger partial charge is 0.251 e. The van der Waals surface area contributed by atoms with Crippen LogP contribution < -0.4 is 5.32 Å². The minimum absolute atomic E-state index is 0.0179. The largest absolute Gasteiger partial charge is 0.347 e. The maximum atomic E-state index is 12.1. The zero-order valence-corrected chi connectivity index (χ0v) is 12.3. The molecule has 0 aromatic heterocycles. The third-order valence-electron chi connectivity index (χ3n) is 2.67. The van der Waals surface area contributed by atoms with Crippen LogP contribution >= 0.6 is 0 Å². The van der Waals surface area contributed by atoms with Gasteiger partial charge in [0.2, 0.25) is 0 Å². The lowest BCUT2D eigenvalue weighted by Crippen LogP contribution is -2.34. The molecule has 0 aliphatic heterocycles. The molecule has 0 saturated carbocycles. The van der Waals surface area contributed by atoms with Crippen molar-refractivity contribution in [3.05, 3.63) is 47.4 Å². The van der Waals surface area contributed by atoms with Crippen molar-refractivity contribution in [2.45, 2.75) is 25.5 Å². The summed E-state index contributed by atoms with van der Waals surface area (Å²) in [6.45, 7) is 8.29. The van der Waals surface area contributed by atoms with Gasteiger partial charge < -0.3 is 5.32 Å². The molecule has 0 radical (unpaired) electrons. The van der Waals surface area contributed by atoms with Crippen molar-refractivity contribution in [1.82, 2.24) is 5.32 Å². The molecule has 19 heavy (non-hydrogen) atoms. The molecule has 0 atom stereocenters. The van der Waals surface area contributed by atoms with Crippen LogP contribution in [0.5, 0.6) is 0 Å². The third-order valence-corrected chi connectivity index (χ3v) is 5.19. The van der Waals surface area contributed by atoms with Gasteiger partial charge in [-0.3, -0.25) is 4.79 Å². The van der Waals surface area contributed by atoms with Gasteiger partial charge in [-0.25, -0.2) is 8.42 Å². The molecule has 0 bridgehead atoms. The maximum absolute atomic E-state index is 12.1. The standard InChI is InChI=1S/C14H19NO3S/c1-11(19(17,18)14(2,3)4)10-15-13(16)12-8-6-5-7-9-12/h5-9H,1,10H2,2-4H3,(H,15,16). The first-order valence-corrected chi connectivity index (χ1v) is 7.40. The molecular formula is C14H19NO3S. The minimum atomic E-state index is -3.46. The molecule has 0 aliphatic carbocycles. The van der Waals surface area contributed by atoms with Gasteiger partial charge in [0, 0.05) is 5.56 Å². The van der Waals surface area contributed by atoms with Crippen LogP contribution in [0.25, 0.3) is 0 Å². The summed E-state index contributed by atoms with van der Waals surface area (Å²) in [5, 5.41) is 2.56. The lowest BCUT2D eigenvalue weighted by molar-refractivity contribution is 0.0957. The van der Waals surface area contributed by atoms with Gasteiger partial charge >= 0.3 is 0 Å². The molecule has 1 amide bonds. The lowest BCUT2D eigenvalue weighted by atomic mass is 10.2. The lowest BCUT2D eigenvalue weighted by Gasteiger charge is -2.20. The first-order chi connectivity index (χ1) is 8.66. The first kappa shape index (κ1) is 15.4. The van der Waals surface area contributed by atoms with Crippen molar-refractivity contribution in [2.75, 3.05) is 6.54 Å². The summed E-state index contributed by atoms with van der Waals surface area (Å²) in [6, 6.07) is 8.62. The second-order valence-corrected chi connectivity index (χ2v) is 8.01. The van der Waals surface area contributed by atoms with E-state index in [1.54, 1.807) is 51.1 Å². The van der Waals surface area contributed by atoms with Crippen LogP contribution in [0.4, 0.5) is 0 Å². The molecule has 4 nitrogen and oxygen atoms in total. The van der Waals surface area contributed by atoms with Crippen molar-refractivity contribution in [1.29, 1.82) is 0 Å². The van der Waals surface area contributed by atoms with E-state index in [1.807, 2.05) is 0 Å². The summed E-state index contributed by atoms with van der Waals surface area (Å²) < 4.78 is 23.2. The van der Waals surface area contributed by atoms with Gasteiger partial charge in [-0.05, 0) is 32.9 Å². The molecule has 0 spiro atoms. The van der Waals surface area contributed by atoms with Crippen LogP contribution in [0, 0.1) is 0 Å². The fourth-order valence-electron chi connectivity index (χ4n) is 1.40. The molecule has 0 fully saturated rings. The normalized spacial score (nSPS) is 11.9. The van der Waals surface area contributed by atoms with Crippen molar-refractivity contribution in [3.63, 3.8) is 0 Å². The highest BCUT2D eigenvalue weighted by molar-refractivity contribution is 7.96. The summed E-state index contributed by atoms with van der Waals surface area (Å²) in [4.78, 5) is 11.8. The molecule has 5 heteroatoms. The van der Waals surface area contributed by atoms with Crippen LogP contribution in [0.3, 0.4) is 0 Å². The summed E-state index contributed by atoms with van der Waals surface area (Å²) >= 11 is 0. The minimum Gasteiger partial charge on any atom is -0.347 e. The van der Waals surface area contributed by atoms with Crippen molar-refractivity contribution in [2.24, 2.45) is 0 Å². The molecule has 0 aliphatic rings. The SMILES string of the molecule is C=C(CNC(=O)c1ccccc1)S(=O)(=O)C(C)(C)C. The Hall–Kier alpha value is -1.62. The molecule has 1 aromatic rings. The number of rotatable bonds is 4. The Morgan fingerprint density at radius 1 is 1.21 bits per heavy atom. The van der Waals surface area contributed by atoms with Crippen LogP contribution in [0.2, 0.25) is 0 Å². The van der Waals surface area contributed by atoms with E-state index in [0.717, 1.165) is 0 Å². The van der Waals surface area contributed by atoms with E-state index in [2.05, 4.69) is 11.9 Å². The predicted molar refractivity (Wildman–Crippen MR) is 76.6 cm³/mol. The van der Waals surface area contributed by atoms with Gasteiger partial charge in [0.05, 0.1) is 16.2 Å². The van der Waals surface area contributed by atoms with E-state index in [9.17, 15) is 13.2 Å². The Kier molecular flexibility index (Phi) is 4.52. The van der Waals surface area contributed by atoms with Crippen molar-refractivity contribution in [3.8, 4) is 0 Å². The molecule has 0 unspecified atom stereocenters. The van der Waals surface area contributed by atoms with Gasteiger partial charge in [0.1, 0.15) is 0 Å². The Balaban J connectivity index is 2.69. The van der Waals surface area contributed by atoms with E-state index in [1.165, 1.54) is 0 Å². The topological polar surface area (TPSA) is 63.2 Å². The van der Waals surface area contributed by atoms with Crippen LogP contribution in [-0.4, -0.2) is 25.6 Å². The van der Waals surface area contributed by atoms with E-state index in [-0.39, 0.29) is 17.4 Å². The van der Waals surface area contributed by atoms with E-state index in [0.29, 0.717) is 5.56 Å². The second kappa shape index (κ2) is 5.57. The van der Waals surface area contributed by atoms with E-state index >= 15 is 0 Å². The van der Waals surface area contributed by atoms with Crippen molar-refractivity contribution >= 4 is 15.7 Å². The highest BCUT2D eigenvalue weighted by Gasteiger charge is 2.31. The summed E-state index contributed by atoms with van der Waals surface area (Å²) in [5.41, 5.74) is 0.489. The molecule has 104 valence electrons.